The van der Waals surface area contributed by atoms with Gasteiger partial charge in [-0.2, -0.15) is 0 Å². The number of cyclic esters (lactones) is 1. The monoisotopic (exact) mass is 194 g/mol. The number of hydrogen-bond donors (Lipinski definition) is 0. The maximum Gasteiger partial charge on any atom is 0.312 e. The Balaban J connectivity index is 2.13. The fraction of sp³-hybridized carbons (Fsp3) is 0.750. The lowest BCUT2D eigenvalue weighted by Crippen LogP contribution is -2.28. The summed E-state index contributed by atoms with van der Waals surface area (Å²) < 4.78 is 5.38. The molecule has 1 saturated carbocycles. The summed E-state index contributed by atoms with van der Waals surface area (Å²) in [6.07, 6.45) is 6.54. The van der Waals surface area contributed by atoms with Gasteiger partial charge in [-0.1, -0.05) is 25.8 Å². The maximum atomic E-state index is 11.8. The molecule has 2 aliphatic rings. The summed E-state index contributed by atoms with van der Waals surface area (Å²) in [5, 5.41) is 0. The summed E-state index contributed by atoms with van der Waals surface area (Å²) in [5.41, 5.74) is 0.850. The van der Waals surface area contributed by atoms with Gasteiger partial charge in [0.15, 0.2) is 0 Å². The van der Waals surface area contributed by atoms with Crippen molar-refractivity contribution in [2.75, 3.05) is 0 Å². The lowest BCUT2D eigenvalue weighted by Gasteiger charge is -2.28. The lowest BCUT2D eigenvalue weighted by atomic mass is 9.72. The van der Waals surface area contributed by atoms with Gasteiger partial charge in [0, 0.05) is 6.42 Å². The zero-order valence-corrected chi connectivity index (χ0v) is 8.84. The van der Waals surface area contributed by atoms with E-state index >= 15 is 0 Å². The molecule has 1 unspecified atom stereocenters. The predicted octanol–water partition coefficient (Wildman–Crippen LogP) is 2.83. The minimum atomic E-state index is -0.137. The van der Waals surface area contributed by atoms with Crippen LogP contribution in [-0.4, -0.2) is 12.1 Å². The van der Waals surface area contributed by atoms with Crippen LogP contribution in [0.25, 0.3) is 0 Å². The summed E-state index contributed by atoms with van der Waals surface area (Å²) in [5.74, 6) is 0.0326. The normalized spacial score (nSPS) is 30.4. The Hall–Kier alpha value is -0.790. The summed E-state index contributed by atoms with van der Waals surface area (Å²) in [6, 6.07) is 0. The third kappa shape index (κ3) is 1.47. The van der Waals surface area contributed by atoms with Gasteiger partial charge in [0.1, 0.15) is 6.10 Å². The fourth-order valence-electron chi connectivity index (χ4n) is 2.65. The summed E-state index contributed by atoms with van der Waals surface area (Å²) in [7, 11) is 0. The van der Waals surface area contributed by atoms with Gasteiger partial charge in [-0.05, 0) is 25.3 Å². The Kier molecular flexibility index (Phi) is 2.38. The lowest BCUT2D eigenvalue weighted by molar-refractivity contribution is -0.149. The van der Waals surface area contributed by atoms with Crippen molar-refractivity contribution in [1.29, 1.82) is 0 Å². The van der Waals surface area contributed by atoms with Gasteiger partial charge in [-0.3, -0.25) is 4.79 Å². The van der Waals surface area contributed by atoms with E-state index in [1.165, 1.54) is 19.3 Å². The van der Waals surface area contributed by atoms with Crippen LogP contribution in [-0.2, 0) is 9.53 Å². The molecule has 0 N–H and O–H groups in total. The van der Waals surface area contributed by atoms with E-state index in [-0.39, 0.29) is 17.5 Å². The van der Waals surface area contributed by atoms with Crippen molar-refractivity contribution in [3.63, 3.8) is 0 Å². The van der Waals surface area contributed by atoms with Gasteiger partial charge in [0.25, 0.3) is 0 Å². The highest BCUT2D eigenvalue weighted by atomic mass is 16.6. The number of carbonyl (C=O) groups excluding carboxylic acids is 1. The van der Waals surface area contributed by atoms with E-state index in [0.717, 1.165) is 24.8 Å². The molecule has 14 heavy (non-hydrogen) atoms. The first kappa shape index (κ1) is 9.75. The second-order valence-corrected chi connectivity index (χ2v) is 4.79. The van der Waals surface area contributed by atoms with Crippen LogP contribution in [0.4, 0.5) is 0 Å². The zero-order chi connectivity index (χ0) is 10.2. The molecule has 0 aromatic rings. The minimum absolute atomic E-state index is 0.0133. The van der Waals surface area contributed by atoms with Crippen LogP contribution in [0.2, 0.25) is 0 Å². The van der Waals surface area contributed by atoms with E-state index in [4.69, 9.17) is 4.74 Å². The van der Waals surface area contributed by atoms with Gasteiger partial charge in [-0.15, -0.1) is 0 Å². The number of ether oxygens (including phenoxy) is 1. The van der Waals surface area contributed by atoms with Crippen LogP contribution in [0.1, 0.15) is 45.4 Å². The first-order valence-electron chi connectivity index (χ1n) is 5.51. The number of hydrogen-bond acceptors (Lipinski definition) is 2. The number of rotatable bonds is 1. The van der Waals surface area contributed by atoms with Crippen LogP contribution < -0.4 is 0 Å². The van der Waals surface area contributed by atoms with Crippen LogP contribution in [0, 0.1) is 5.41 Å². The average molecular weight is 194 g/mol. The quantitative estimate of drug-likeness (QED) is 0.474. The summed E-state index contributed by atoms with van der Waals surface area (Å²) in [4.78, 5) is 11.8. The molecule has 0 aromatic heterocycles. The molecule has 2 fully saturated rings. The number of esters is 1. The van der Waals surface area contributed by atoms with Crippen molar-refractivity contribution in [2.24, 2.45) is 5.41 Å². The molecule has 1 atom stereocenters. The topological polar surface area (TPSA) is 26.3 Å². The second kappa shape index (κ2) is 3.41. The Labute approximate surface area is 85.3 Å². The van der Waals surface area contributed by atoms with Gasteiger partial charge < -0.3 is 4.74 Å². The van der Waals surface area contributed by atoms with Gasteiger partial charge in [0.05, 0.1) is 5.41 Å². The van der Waals surface area contributed by atoms with Crippen LogP contribution in [0.3, 0.4) is 0 Å². The molecular formula is C12H18O2. The van der Waals surface area contributed by atoms with Crippen LogP contribution in [0.15, 0.2) is 12.2 Å². The Bertz CT molecular complexity index is 261. The van der Waals surface area contributed by atoms with Crippen molar-refractivity contribution < 1.29 is 9.53 Å². The smallest absolute Gasteiger partial charge is 0.312 e. The van der Waals surface area contributed by atoms with Gasteiger partial charge >= 0.3 is 5.97 Å². The van der Waals surface area contributed by atoms with E-state index < -0.39 is 0 Å². The Morgan fingerprint density at radius 2 is 2.07 bits per heavy atom. The second-order valence-electron chi connectivity index (χ2n) is 4.79. The van der Waals surface area contributed by atoms with Crippen molar-refractivity contribution in [1.82, 2.24) is 0 Å². The molecular weight excluding hydrogens is 176 g/mol. The first-order chi connectivity index (χ1) is 6.64. The molecule has 78 valence electrons. The van der Waals surface area contributed by atoms with Crippen molar-refractivity contribution in [2.45, 2.75) is 51.6 Å². The molecule has 0 radical (unpaired) electrons. The SMILES string of the molecule is C=C(C)C1CC2(CCCCC2)C(=O)O1. The van der Waals surface area contributed by atoms with Gasteiger partial charge in [0.2, 0.25) is 0 Å². The summed E-state index contributed by atoms with van der Waals surface area (Å²) >= 11 is 0. The van der Waals surface area contributed by atoms with Crippen LogP contribution >= 0.6 is 0 Å². The molecule has 1 heterocycles. The standard InChI is InChI=1S/C12H18O2/c1-9(2)10-8-12(11(13)14-10)6-4-3-5-7-12/h10H,1,3-8H2,2H3. The summed E-state index contributed by atoms with van der Waals surface area (Å²) in [6.45, 7) is 5.82. The third-order valence-corrected chi connectivity index (χ3v) is 3.62. The molecule has 0 aromatic carbocycles. The van der Waals surface area contributed by atoms with E-state index in [1.807, 2.05) is 6.92 Å². The Morgan fingerprint density at radius 3 is 2.57 bits per heavy atom. The zero-order valence-electron chi connectivity index (χ0n) is 8.84. The molecule has 2 heteroatoms. The molecule has 1 aliphatic heterocycles. The Morgan fingerprint density at radius 1 is 1.43 bits per heavy atom. The van der Waals surface area contributed by atoms with Crippen molar-refractivity contribution >= 4 is 5.97 Å². The predicted molar refractivity (Wildman–Crippen MR) is 54.8 cm³/mol. The highest BCUT2D eigenvalue weighted by Crippen LogP contribution is 2.47. The molecule has 0 bridgehead atoms. The highest BCUT2D eigenvalue weighted by Gasteiger charge is 2.49. The first-order valence-corrected chi connectivity index (χ1v) is 5.51. The van der Waals surface area contributed by atoms with E-state index in [1.54, 1.807) is 0 Å². The molecule has 0 amide bonds. The highest BCUT2D eigenvalue weighted by molar-refractivity contribution is 5.79. The van der Waals surface area contributed by atoms with E-state index in [2.05, 4.69) is 6.58 Å². The van der Waals surface area contributed by atoms with Gasteiger partial charge in [-0.25, -0.2) is 0 Å². The van der Waals surface area contributed by atoms with Crippen molar-refractivity contribution in [3.8, 4) is 0 Å². The third-order valence-electron chi connectivity index (χ3n) is 3.62. The molecule has 1 aliphatic carbocycles. The fourth-order valence-corrected chi connectivity index (χ4v) is 2.65. The molecule has 2 nitrogen and oxygen atoms in total. The average Bonchev–Trinajstić information content (AvgIpc) is 2.46. The largest absolute Gasteiger partial charge is 0.457 e. The molecule has 1 saturated heterocycles. The molecule has 1 spiro atoms. The molecule has 2 rings (SSSR count). The number of carbonyl (C=O) groups is 1. The minimum Gasteiger partial charge on any atom is -0.457 e. The van der Waals surface area contributed by atoms with E-state index in [0.29, 0.717) is 0 Å². The van der Waals surface area contributed by atoms with Crippen LogP contribution in [0.5, 0.6) is 0 Å². The maximum absolute atomic E-state index is 11.8. The van der Waals surface area contributed by atoms with E-state index in [9.17, 15) is 4.79 Å². The van der Waals surface area contributed by atoms with Crippen molar-refractivity contribution in [3.05, 3.63) is 12.2 Å².